The van der Waals surface area contributed by atoms with E-state index < -0.39 is 50.7 Å². The van der Waals surface area contributed by atoms with Crippen molar-refractivity contribution in [1.82, 2.24) is 9.62 Å². The second-order valence-corrected chi connectivity index (χ2v) is 12.0. The smallest absolute Gasteiger partial charge is 0.254 e. The van der Waals surface area contributed by atoms with Crippen molar-refractivity contribution >= 4 is 15.9 Å². The number of nitrogens with one attached hydrogen (secondary N) is 1. The number of hydrogen-bond acceptors (Lipinski definition) is 4. The number of hydrogen-bond donors (Lipinski definition) is 2. The Morgan fingerprint density at radius 1 is 1.21 bits per heavy atom. The van der Waals surface area contributed by atoms with Gasteiger partial charge in [-0.15, -0.1) is 0 Å². The summed E-state index contributed by atoms with van der Waals surface area (Å²) < 4.78 is 57.2. The highest BCUT2D eigenvalue weighted by molar-refractivity contribution is 7.89. The van der Waals surface area contributed by atoms with E-state index in [0.717, 1.165) is 12.8 Å². The Bertz CT molecular complexity index is 1210. The number of amides is 1. The number of rotatable bonds is 7. The van der Waals surface area contributed by atoms with Crippen LogP contribution >= 0.6 is 0 Å². The van der Waals surface area contributed by atoms with Crippen molar-refractivity contribution in [3.63, 3.8) is 0 Å². The summed E-state index contributed by atoms with van der Waals surface area (Å²) in [6.45, 7) is 4.61. The molecule has 6 nitrogen and oxygen atoms in total. The van der Waals surface area contributed by atoms with Crippen LogP contribution in [-0.2, 0) is 21.2 Å². The molecule has 1 aliphatic heterocycles. The molecule has 0 bridgehead atoms. The van der Waals surface area contributed by atoms with Crippen LogP contribution in [0.4, 0.5) is 8.78 Å². The summed E-state index contributed by atoms with van der Waals surface area (Å²) in [6.07, 6.45) is 1.53. The molecule has 2 aromatic rings. The average Bonchev–Trinajstić information content (AvgIpc) is 3.49. The molecule has 0 unspecified atom stereocenters. The first kappa shape index (κ1) is 24.8. The lowest BCUT2D eigenvalue weighted by Crippen LogP contribution is -2.53. The van der Waals surface area contributed by atoms with E-state index in [-0.39, 0.29) is 17.7 Å². The predicted molar refractivity (Wildman–Crippen MR) is 125 cm³/mol. The quantitative estimate of drug-likeness (QED) is 0.621. The molecular formula is C25H30F2N2O4S. The van der Waals surface area contributed by atoms with Gasteiger partial charge in [-0.25, -0.2) is 21.9 Å². The summed E-state index contributed by atoms with van der Waals surface area (Å²) in [7, 11) is -3.60. The van der Waals surface area contributed by atoms with Gasteiger partial charge in [-0.3, -0.25) is 4.79 Å². The fourth-order valence-corrected chi connectivity index (χ4v) is 5.86. The SMILES string of the molecule is CCS(=O)(=O)N[C@@H]1[C@H](Cc2cccc(-c3cccc(F)c3)c2F)N(C(=O)C(C)(C)O)CC12CC2. The Balaban J connectivity index is 1.74. The minimum absolute atomic E-state index is 0.0511. The molecule has 2 fully saturated rings. The highest BCUT2D eigenvalue weighted by Gasteiger charge is 2.62. The van der Waals surface area contributed by atoms with E-state index >= 15 is 4.39 Å². The predicted octanol–water partition coefficient (Wildman–Crippen LogP) is 3.24. The maximum atomic E-state index is 15.6. The fraction of sp³-hybridized carbons (Fsp3) is 0.480. The standard InChI is InChI=1S/C25H30F2N2O4S/c1-4-34(32,33)28-22-20(29(15-25(22)11-12-25)23(30)24(2,3)31)14-17-8-6-10-19(21(17)27)16-7-5-9-18(26)13-16/h5-10,13,20,22,28,31H,4,11-12,14-15H2,1-3H3/t20-,22+/m0/s1. The van der Waals surface area contributed by atoms with Crippen LogP contribution in [-0.4, -0.2) is 54.3 Å². The van der Waals surface area contributed by atoms with Crippen LogP contribution in [0.2, 0.25) is 0 Å². The van der Waals surface area contributed by atoms with Crippen molar-refractivity contribution in [2.45, 2.75) is 57.7 Å². The van der Waals surface area contributed by atoms with Crippen LogP contribution in [0.3, 0.4) is 0 Å². The Kier molecular flexibility index (Phi) is 6.33. The van der Waals surface area contributed by atoms with Crippen LogP contribution in [0.15, 0.2) is 42.5 Å². The molecule has 2 N–H and O–H groups in total. The van der Waals surface area contributed by atoms with Gasteiger partial charge in [0.2, 0.25) is 10.0 Å². The van der Waals surface area contributed by atoms with E-state index in [1.165, 1.54) is 43.9 Å². The van der Waals surface area contributed by atoms with Gasteiger partial charge in [0.1, 0.15) is 17.2 Å². The molecule has 0 aromatic heterocycles. The van der Waals surface area contributed by atoms with Gasteiger partial charge < -0.3 is 10.0 Å². The first-order valence-electron chi connectivity index (χ1n) is 11.4. The van der Waals surface area contributed by atoms with E-state index in [4.69, 9.17) is 0 Å². The number of carbonyl (C=O) groups is 1. The zero-order valence-electron chi connectivity index (χ0n) is 19.5. The van der Waals surface area contributed by atoms with Crippen molar-refractivity contribution in [1.29, 1.82) is 0 Å². The van der Waals surface area contributed by atoms with Crippen LogP contribution < -0.4 is 4.72 Å². The van der Waals surface area contributed by atoms with Gasteiger partial charge in [0.15, 0.2) is 0 Å². The van der Waals surface area contributed by atoms with Crippen molar-refractivity contribution in [2.24, 2.45) is 5.41 Å². The number of aliphatic hydroxyl groups is 1. The van der Waals surface area contributed by atoms with E-state index in [2.05, 4.69) is 4.72 Å². The highest BCUT2D eigenvalue weighted by Crippen LogP contribution is 2.56. The first-order valence-corrected chi connectivity index (χ1v) is 13.1. The molecule has 1 spiro atoms. The minimum Gasteiger partial charge on any atom is -0.381 e. The van der Waals surface area contributed by atoms with Gasteiger partial charge in [0.25, 0.3) is 5.91 Å². The van der Waals surface area contributed by atoms with Crippen LogP contribution in [0.1, 0.15) is 39.2 Å². The maximum Gasteiger partial charge on any atom is 0.254 e. The lowest BCUT2D eigenvalue weighted by molar-refractivity contribution is -0.149. The van der Waals surface area contributed by atoms with Gasteiger partial charge in [-0.05, 0) is 63.3 Å². The zero-order chi connectivity index (χ0) is 24.9. The number of carbonyl (C=O) groups excluding carboxylic acids is 1. The third kappa shape index (κ3) is 4.74. The Morgan fingerprint density at radius 3 is 2.47 bits per heavy atom. The lowest BCUT2D eigenvalue weighted by Gasteiger charge is -2.32. The van der Waals surface area contributed by atoms with Crippen LogP contribution in [0.25, 0.3) is 11.1 Å². The van der Waals surface area contributed by atoms with Crippen LogP contribution in [0.5, 0.6) is 0 Å². The van der Waals surface area contributed by atoms with Crippen molar-refractivity contribution < 1.29 is 27.1 Å². The minimum atomic E-state index is -3.60. The molecule has 1 heterocycles. The average molecular weight is 493 g/mol. The Hall–Kier alpha value is -2.36. The summed E-state index contributed by atoms with van der Waals surface area (Å²) >= 11 is 0. The lowest BCUT2D eigenvalue weighted by atomic mass is 9.91. The normalized spacial score (nSPS) is 21.8. The molecule has 9 heteroatoms. The summed E-state index contributed by atoms with van der Waals surface area (Å²) in [5, 5.41) is 10.4. The summed E-state index contributed by atoms with van der Waals surface area (Å²) in [5.41, 5.74) is -1.18. The molecule has 1 saturated carbocycles. The Labute approximate surface area is 199 Å². The van der Waals surface area contributed by atoms with E-state index in [0.29, 0.717) is 17.7 Å². The first-order chi connectivity index (χ1) is 15.9. The van der Waals surface area contributed by atoms with E-state index in [1.807, 2.05) is 0 Å². The topological polar surface area (TPSA) is 86.7 Å². The van der Waals surface area contributed by atoms with Crippen LogP contribution in [0, 0.1) is 17.0 Å². The molecule has 2 aromatic carbocycles. The number of halogens is 2. The monoisotopic (exact) mass is 492 g/mol. The zero-order valence-corrected chi connectivity index (χ0v) is 20.3. The molecule has 2 aliphatic rings. The van der Waals surface area contributed by atoms with E-state index in [1.54, 1.807) is 24.3 Å². The number of sulfonamides is 1. The van der Waals surface area contributed by atoms with Gasteiger partial charge in [0, 0.05) is 23.6 Å². The second-order valence-electron chi connectivity index (χ2n) is 9.91. The van der Waals surface area contributed by atoms with Crippen molar-refractivity contribution in [3.05, 3.63) is 59.7 Å². The highest BCUT2D eigenvalue weighted by atomic mass is 32.2. The maximum absolute atomic E-state index is 15.6. The number of nitrogens with zero attached hydrogens (tertiary/aromatic N) is 1. The largest absolute Gasteiger partial charge is 0.381 e. The summed E-state index contributed by atoms with van der Waals surface area (Å²) in [5.74, 6) is -1.67. The number of benzene rings is 2. The molecule has 1 amide bonds. The molecule has 1 aliphatic carbocycles. The van der Waals surface area contributed by atoms with Crippen molar-refractivity contribution in [2.75, 3.05) is 12.3 Å². The molecule has 0 radical (unpaired) electrons. The van der Waals surface area contributed by atoms with Gasteiger partial charge in [0.05, 0.1) is 11.8 Å². The molecular weight excluding hydrogens is 462 g/mol. The summed E-state index contributed by atoms with van der Waals surface area (Å²) in [6, 6.07) is 9.18. The van der Waals surface area contributed by atoms with Gasteiger partial charge >= 0.3 is 0 Å². The third-order valence-electron chi connectivity index (χ3n) is 6.94. The van der Waals surface area contributed by atoms with Gasteiger partial charge in [-0.1, -0.05) is 30.3 Å². The molecule has 1 saturated heterocycles. The van der Waals surface area contributed by atoms with Crippen molar-refractivity contribution in [3.8, 4) is 11.1 Å². The van der Waals surface area contributed by atoms with E-state index in [9.17, 15) is 22.7 Å². The Morgan fingerprint density at radius 2 is 1.88 bits per heavy atom. The third-order valence-corrected chi connectivity index (χ3v) is 8.31. The molecule has 2 atom stereocenters. The molecule has 4 rings (SSSR count). The molecule has 34 heavy (non-hydrogen) atoms. The second kappa shape index (κ2) is 8.70. The van der Waals surface area contributed by atoms with Gasteiger partial charge in [-0.2, -0.15) is 0 Å². The summed E-state index contributed by atoms with van der Waals surface area (Å²) in [4.78, 5) is 14.6. The fourth-order valence-electron chi connectivity index (χ4n) is 4.90. The number of likely N-dealkylation sites (tertiary alicyclic amines) is 1. The molecule has 184 valence electrons.